The van der Waals surface area contributed by atoms with E-state index in [-0.39, 0.29) is 17.3 Å². The van der Waals surface area contributed by atoms with E-state index in [1.165, 1.54) is 0 Å². The van der Waals surface area contributed by atoms with Gasteiger partial charge in [0, 0.05) is 21.7 Å². The Balaban J connectivity index is 2.72. The third-order valence-corrected chi connectivity index (χ3v) is 6.75. The first-order valence-electron chi connectivity index (χ1n) is 5.49. The predicted octanol–water partition coefficient (Wildman–Crippen LogP) is 1.96. The highest BCUT2D eigenvalue weighted by molar-refractivity contribution is 9.10. The molecule has 2 N–H and O–H groups in total. The fourth-order valence-electron chi connectivity index (χ4n) is 1.43. The predicted molar refractivity (Wildman–Crippen MR) is 78.8 cm³/mol. The maximum absolute atomic E-state index is 12.0. The van der Waals surface area contributed by atoms with E-state index in [0.29, 0.717) is 21.5 Å². The monoisotopic (exact) mass is 353 g/mol. The number of hydrogen-bond donors (Lipinski definition) is 1. The Hall–Kier alpha value is -0.400. The van der Waals surface area contributed by atoms with Crippen molar-refractivity contribution in [2.45, 2.75) is 18.2 Å². The molecule has 0 amide bonds. The molecule has 0 saturated heterocycles. The number of hydrogen-bond acceptors (Lipinski definition) is 4. The van der Waals surface area contributed by atoms with Crippen molar-refractivity contribution < 1.29 is 12.6 Å². The van der Waals surface area contributed by atoms with Crippen LogP contribution in [-0.2, 0) is 20.6 Å². The zero-order valence-electron chi connectivity index (χ0n) is 10.1. The minimum absolute atomic E-state index is 0.0513. The average molecular weight is 354 g/mol. The Bertz CT molecular complexity index is 543. The van der Waals surface area contributed by atoms with Crippen LogP contribution >= 0.6 is 15.9 Å². The van der Waals surface area contributed by atoms with Gasteiger partial charge in [0.15, 0.2) is 9.84 Å². The van der Waals surface area contributed by atoms with Crippen molar-refractivity contribution >= 4 is 42.3 Å². The fourth-order valence-corrected chi connectivity index (χ4v) is 5.53. The van der Waals surface area contributed by atoms with Crippen LogP contribution in [0.15, 0.2) is 27.6 Å². The highest BCUT2D eigenvalue weighted by Gasteiger charge is 2.14. The van der Waals surface area contributed by atoms with E-state index < -0.39 is 20.6 Å². The van der Waals surface area contributed by atoms with Crippen molar-refractivity contribution in [3.05, 3.63) is 22.7 Å². The first-order chi connectivity index (χ1) is 8.35. The summed E-state index contributed by atoms with van der Waals surface area (Å²) < 4.78 is 35.7. The van der Waals surface area contributed by atoms with E-state index in [1.807, 2.05) is 6.92 Å². The van der Waals surface area contributed by atoms with E-state index >= 15 is 0 Å². The summed E-state index contributed by atoms with van der Waals surface area (Å²) in [5.74, 6) is 0.211. The molecule has 0 aliphatic rings. The second-order valence-electron chi connectivity index (χ2n) is 3.89. The molecule has 0 saturated carbocycles. The number of sulfone groups is 1. The van der Waals surface area contributed by atoms with Crippen LogP contribution in [0.4, 0.5) is 5.69 Å². The number of anilines is 1. The molecule has 102 valence electrons. The Morgan fingerprint density at radius 1 is 1.33 bits per heavy atom. The van der Waals surface area contributed by atoms with Gasteiger partial charge in [-0.15, -0.1) is 0 Å². The van der Waals surface area contributed by atoms with Crippen molar-refractivity contribution in [3.8, 4) is 0 Å². The second-order valence-corrected chi connectivity index (χ2v) is 8.59. The number of nitrogens with two attached hydrogens (primary N) is 1. The Kier molecular flexibility index (Phi) is 5.81. The molecule has 0 aliphatic heterocycles. The van der Waals surface area contributed by atoms with E-state index in [9.17, 15) is 12.6 Å². The van der Waals surface area contributed by atoms with Crippen molar-refractivity contribution in [1.29, 1.82) is 0 Å². The van der Waals surface area contributed by atoms with Crippen molar-refractivity contribution in [1.82, 2.24) is 0 Å². The van der Waals surface area contributed by atoms with Crippen LogP contribution in [0, 0.1) is 0 Å². The van der Waals surface area contributed by atoms with Gasteiger partial charge in [0.05, 0.1) is 21.4 Å². The molecule has 0 radical (unpaired) electrons. The van der Waals surface area contributed by atoms with Gasteiger partial charge in [-0.2, -0.15) is 0 Å². The number of halogens is 1. The van der Waals surface area contributed by atoms with Gasteiger partial charge in [0.1, 0.15) is 0 Å². The quantitative estimate of drug-likeness (QED) is 0.793. The molecule has 1 aromatic carbocycles. The number of nitrogen functional groups attached to an aromatic ring is 1. The van der Waals surface area contributed by atoms with E-state index in [1.54, 1.807) is 18.2 Å². The highest BCUT2D eigenvalue weighted by Crippen LogP contribution is 2.23. The molecule has 4 nitrogen and oxygen atoms in total. The summed E-state index contributed by atoms with van der Waals surface area (Å²) in [7, 11) is -4.42. The minimum atomic E-state index is -3.09. The summed E-state index contributed by atoms with van der Waals surface area (Å²) >= 11 is 3.28. The molecular weight excluding hydrogens is 338 g/mol. The molecule has 0 bridgehead atoms. The van der Waals surface area contributed by atoms with Gasteiger partial charge in [0.25, 0.3) is 0 Å². The van der Waals surface area contributed by atoms with Crippen LogP contribution in [-0.4, -0.2) is 29.9 Å². The van der Waals surface area contributed by atoms with Crippen molar-refractivity contribution in [3.63, 3.8) is 0 Å². The van der Waals surface area contributed by atoms with Gasteiger partial charge in [-0.1, -0.05) is 6.92 Å². The third kappa shape index (κ3) is 4.70. The van der Waals surface area contributed by atoms with Gasteiger partial charge in [-0.05, 0) is 40.5 Å². The maximum atomic E-state index is 12.0. The molecule has 0 fully saturated rings. The lowest BCUT2D eigenvalue weighted by molar-refractivity contribution is 0.595. The average Bonchev–Trinajstić information content (AvgIpc) is 2.26. The molecule has 0 spiro atoms. The van der Waals surface area contributed by atoms with E-state index in [0.717, 1.165) is 0 Å². The largest absolute Gasteiger partial charge is 0.399 e. The summed E-state index contributed by atoms with van der Waals surface area (Å²) in [6, 6.07) is 4.97. The number of benzene rings is 1. The molecule has 1 aromatic rings. The van der Waals surface area contributed by atoms with Gasteiger partial charge in [0.2, 0.25) is 0 Å². The number of rotatable bonds is 6. The molecular formula is C11H16BrNO3S2. The summed E-state index contributed by atoms with van der Waals surface area (Å²) in [4.78, 5) is 0.580. The molecule has 7 heteroatoms. The smallest absolute Gasteiger partial charge is 0.151 e. The minimum Gasteiger partial charge on any atom is -0.399 e. The Morgan fingerprint density at radius 2 is 2.00 bits per heavy atom. The summed E-state index contributed by atoms with van der Waals surface area (Å²) in [5, 5.41) is 0. The van der Waals surface area contributed by atoms with Crippen LogP contribution in [0.5, 0.6) is 0 Å². The Morgan fingerprint density at radius 3 is 2.56 bits per heavy atom. The molecule has 0 heterocycles. The van der Waals surface area contributed by atoms with Gasteiger partial charge in [-0.25, -0.2) is 8.42 Å². The fraction of sp³-hybridized carbons (Fsp3) is 0.455. The molecule has 0 aromatic heterocycles. The second kappa shape index (κ2) is 6.68. The van der Waals surface area contributed by atoms with Gasteiger partial charge in [-0.3, -0.25) is 4.21 Å². The first kappa shape index (κ1) is 15.7. The summed E-state index contributed by atoms with van der Waals surface area (Å²) in [5.41, 5.74) is 6.16. The lowest BCUT2D eigenvalue weighted by Gasteiger charge is -2.06. The van der Waals surface area contributed by atoms with Gasteiger partial charge >= 0.3 is 0 Å². The lowest BCUT2D eigenvalue weighted by atomic mass is 10.3. The third-order valence-electron chi connectivity index (χ3n) is 2.30. The first-order valence-corrected chi connectivity index (χ1v) is 9.43. The van der Waals surface area contributed by atoms with Crippen LogP contribution in [0.1, 0.15) is 13.3 Å². The van der Waals surface area contributed by atoms with Gasteiger partial charge < -0.3 is 5.73 Å². The standard InChI is InChI=1S/C11H16BrNO3S2/c1-2-6-18(15,16)7-5-17(14)11-4-3-9(13)8-10(11)12/h3-4,8H,2,5-7,13H2,1H3. The Labute approximate surface area is 118 Å². The molecule has 1 unspecified atom stereocenters. The molecule has 1 rings (SSSR count). The zero-order valence-corrected chi connectivity index (χ0v) is 13.3. The normalized spacial score (nSPS) is 13.4. The van der Waals surface area contributed by atoms with E-state index in [4.69, 9.17) is 5.73 Å². The zero-order chi connectivity index (χ0) is 13.8. The SMILES string of the molecule is CCCS(=O)(=O)CCS(=O)c1ccc(N)cc1Br. The van der Waals surface area contributed by atoms with Crippen LogP contribution < -0.4 is 5.73 Å². The maximum Gasteiger partial charge on any atom is 0.151 e. The van der Waals surface area contributed by atoms with Crippen LogP contribution in [0.25, 0.3) is 0 Å². The topological polar surface area (TPSA) is 77.2 Å². The van der Waals surface area contributed by atoms with E-state index in [2.05, 4.69) is 15.9 Å². The summed E-state index contributed by atoms with van der Waals surface area (Å²) in [6.07, 6.45) is 0.584. The summed E-state index contributed by atoms with van der Waals surface area (Å²) in [6.45, 7) is 1.81. The van der Waals surface area contributed by atoms with Crippen LogP contribution in [0.2, 0.25) is 0 Å². The van der Waals surface area contributed by atoms with Crippen molar-refractivity contribution in [2.24, 2.45) is 0 Å². The van der Waals surface area contributed by atoms with Crippen LogP contribution in [0.3, 0.4) is 0 Å². The van der Waals surface area contributed by atoms with Crippen molar-refractivity contribution in [2.75, 3.05) is 23.0 Å². The lowest BCUT2D eigenvalue weighted by Crippen LogP contribution is -2.16. The molecule has 0 aliphatic carbocycles. The molecule has 18 heavy (non-hydrogen) atoms. The highest BCUT2D eigenvalue weighted by atomic mass is 79.9. The molecule has 1 atom stereocenters.